The number of hydrogen-bond donors (Lipinski definition) is 0. The summed E-state index contributed by atoms with van der Waals surface area (Å²) in [7, 11) is 3.89. The summed E-state index contributed by atoms with van der Waals surface area (Å²) >= 11 is 6.19. The second-order valence-electron chi connectivity index (χ2n) is 5.03. The van der Waals surface area contributed by atoms with Gasteiger partial charge >= 0.3 is 0 Å². The molecule has 1 aromatic carbocycles. The van der Waals surface area contributed by atoms with Crippen LogP contribution >= 0.6 is 24.0 Å². The summed E-state index contributed by atoms with van der Waals surface area (Å²) in [6.07, 6.45) is 1.71. The van der Waals surface area contributed by atoms with Crippen molar-refractivity contribution in [1.29, 1.82) is 0 Å². The molecule has 1 unspecified atom stereocenters. The van der Waals surface area contributed by atoms with Crippen molar-refractivity contribution in [3.05, 3.63) is 34.7 Å². The summed E-state index contributed by atoms with van der Waals surface area (Å²) in [5.74, 6) is -1.73. The molecule has 0 saturated carbocycles. The third kappa shape index (κ3) is 3.31. The van der Waals surface area contributed by atoms with Crippen LogP contribution in [-0.4, -0.2) is 41.2 Å². The Balaban J connectivity index is 2.24. The molecule has 1 atom stereocenters. The van der Waals surface area contributed by atoms with Gasteiger partial charge in [-0.05, 0) is 30.7 Å². The monoisotopic (exact) mass is 335 g/mol. The average molecular weight is 335 g/mol. The average Bonchev–Trinajstić information content (AvgIpc) is 2.73. The number of amides is 1. The number of anilines is 1. The molecule has 1 aromatic rings. The van der Waals surface area contributed by atoms with Crippen LogP contribution in [0, 0.1) is 0 Å². The standard InChI is InChI=1S/C15H16N2O3S2/c1-9(14(19)20)17-13(18)12(22-15(17)21)8-10-4-6-11(7-5-10)16(2)3/h4-9H,1-3H3,(H,19,20)/p-1. The molecule has 1 aliphatic heterocycles. The van der Waals surface area contributed by atoms with E-state index in [4.69, 9.17) is 12.2 Å². The SMILES string of the molecule is CC(C(=O)[O-])N1C(=O)C(=Cc2ccc(N(C)C)cc2)SC1=S. The zero-order valence-electron chi connectivity index (χ0n) is 12.4. The molecule has 7 heteroatoms. The van der Waals surface area contributed by atoms with E-state index in [2.05, 4.69) is 0 Å². The van der Waals surface area contributed by atoms with E-state index in [0.29, 0.717) is 4.91 Å². The lowest BCUT2D eigenvalue weighted by molar-refractivity contribution is -0.309. The van der Waals surface area contributed by atoms with E-state index in [9.17, 15) is 14.7 Å². The Hall–Kier alpha value is -1.86. The Morgan fingerprint density at radius 3 is 2.45 bits per heavy atom. The van der Waals surface area contributed by atoms with Gasteiger partial charge in [0, 0.05) is 19.8 Å². The maximum atomic E-state index is 12.3. The molecule has 0 radical (unpaired) electrons. The molecule has 22 heavy (non-hydrogen) atoms. The molecule has 116 valence electrons. The maximum absolute atomic E-state index is 12.3. The Morgan fingerprint density at radius 1 is 1.36 bits per heavy atom. The highest BCUT2D eigenvalue weighted by Gasteiger charge is 2.35. The number of thiocarbonyl (C=S) groups is 1. The van der Waals surface area contributed by atoms with Crippen LogP contribution in [0.2, 0.25) is 0 Å². The van der Waals surface area contributed by atoms with Gasteiger partial charge in [0.15, 0.2) is 0 Å². The van der Waals surface area contributed by atoms with Gasteiger partial charge in [0.1, 0.15) is 4.32 Å². The second-order valence-corrected chi connectivity index (χ2v) is 6.71. The summed E-state index contributed by atoms with van der Waals surface area (Å²) in [6.45, 7) is 1.38. The van der Waals surface area contributed by atoms with Gasteiger partial charge in [-0.15, -0.1) is 0 Å². The van der Waals surface area contributed by atoms with E-state index in [1.54, 1.807) is 6.08 Å². The maximum Gasteiger partial charge on any atom is 0.266 e. The molecule has 1 saturated heterocycles. The van der Waals surface area contributed by atoms with E-state index < -0.39 is 17.9 Å². The van der Waals surface area contributed by atoms with E-state index in [0.717, 1.165) is 27.9 Å². The Kier molecular flexibility index (Phi) is 4.87. The van der Waals surface area contributed by atoms with Crippen LogP contribution in [0.15, 0.2) is 29.2 Å². The summed E-state index contributed by atoms with van der Waals surface area (Å²) in [5.41, 5.74) is 1.91. The number of carbonyl (C=O) groups is 2. The highest BCUT2D eigenvalue weighted by atomic mass is 32.2. The molecule has 1 amide bonds. The highest BCUT2D eigenvalue weighted by molar-refractivity contribution is 8.26. The molecule has 1 aliphatic rings. The Bertz CT molecular complexity index is 653. The topological polar surface area (TPSA) is 63.7 Å². The van der Waals surface area contributed by atoms with Gasteiger partial charge in [-0.2, -0.15) is 0 Å². The van der Waals surface area contributed by atoms with E-state index in [1.807, 2.05) is 43.3 Å². The van der Waals surface area contributed by atoms with Crippen molar-refractivity contribution in [3.8, 4) is 0 Å². The summed E-state index contributed by atoms with van der Waals surface area (Å²) in [4.78, 5) is 26.7. The van der Waals surface area contributed by atoms with Crippen LogP contribution in [0.25, 0.3) is 6.08 Å². The molecule has 0 aromatic heterocycles. The fourth-order valence-corrected chi connectivity index (χ4v) is 3.36. The molecule has 1 heterocycles. The van der Waals surface area contributed by atoms with Crippen LogP contribution in [0.5, 0.6) is 0 Å². The highest BCUT2D eigenvalue weighted by Crippen LogP contribution is 2.34. The number of carboxylic acids is 1. The quantitative estimate of drug-likeness (QED) is 0.606. The molecule has 1 fully saturated rings. The molecule has 0 bridgehead atoms. The fourth-order valence-electron chi connectivity index (χ4n) is 1.94. The third-order valence-corrected chi connectivity index (χ3v) is 4.59. The zero-order chi connectivity index (χ0) is 16.4. The second kappa shape index (κ2) is 6.50. The minimum absolute atomic E-state index is 0.234. The smallest absolute Gasteiger partial charge is 0.266 e. The molecule has 0 spiro atoms. The van der Waals surface area contributed by atoms with Crippen molar-refractivity contribution in [2.45, 2.75) is 13.0 Å². The lowest BCUT2D eigenvalue weighted by Crippen LogP contribution is -2.48. The number of carbonyl (C=O) groups excluding carboxylic acids is 2. The minimum Gasteiger partial charge on any atom is -0.548 e. The Labute approximate surface area is 138 Å². The van der Waals surface area contributed by atoms with E-state index in [1.165, 1.54) is 6.92 Å². The van der Waals surface area contributed by atoms with Crippen molar-refractivity contribution in [2.75, 3.05) is 19.0 Å². The van der Waals surface area contributed by atoms with Crippen molar-refractivity contribution in [2.24, 2.45) is 0 Å². The first kappa shape index (κ1) is 16.5. The molecular formula is C15H15N2O3S2-. The summed E-state index contributed by atoms with van der Waals surface area (Å²) in [5, 5.41) is 10.9. The third-order valence-electron chi connectivity index (χ3n) is 3.26. The lowest BCUT2D eigenvalue weighted by atomic mass is 10.2. The first-order valence-electron chi connectivity index (χ1n) is 6.56. The van der Waals surface area contributed by atoms with Crippen molar-refractivity contribution < 1.29 is 14.7 Å². The van der Waals surface area contributed by atoms with Crippen molar-refractivity contribution in [3.63, 3.8) is 0 Å². The fraction of sp³-hybridized carbons (Fsp3) is 0.267. The van der Waals surface area contributed by atoms with Gasteiger partial charge in [0.2, 0.25) is 0 Å². The van der Waals surface area contributed by atoms with Gasteiger partial charge < -0.3 is 14.8 Å². The number of carboxylic acid groups (broad SMARTS) is 1. The predicted octanol–water partition coefficient (Wildman–Crippen LogP) is 1.09. The van der Waals surface area contributed by atoms with Gasteiger partial charge in [-0.1, -0.05) is 36.1 Å². The molecule has 2 rings (SSSR count). The number of rotatable bonds is 4. The Morgan fingerprint density at radius 2 is 1.95 bits per heavy atom. The largest absolute Gasteiger partial charge is 0.548 e. The normalized spacial score (nSPS) is 18.0. The molecule has 0 N–H and O–H groups in total. The van der Waals surface area contributed by atoms with Crippen molar-refractivity contribution in [1.82, 2.24) is 4.90 Å². The van der Waals surface area contributed by atoms with Crippen LogP contribution < -0.4 is 10.0 Å². The number of nitrogens with zero attached hydrogens (tertiary/aromatic N) is 2. The van der Waals surface area contributed by atoms with Crippen LogP contribution in [0.3, 0.4) is 0 Å². The molecule has 0 aliphatic carbocycles. The minimum atomic E-state index is -1.33. The number of hydrogen-bond acceptors (Lipinski definition) is 6. The summed E-state index contributed by atoms with van der Waals surface area (Å²) in [6, 6.07) is 6.59. The lowest BCUT2D eigenvalue weighted by Gasteiger charge is -2.23. The van der Waals surface area contributed by atoms with Crippen LogP contribution in [0.1, 0.15) is 12.5 Å². The number of aliphatic carboxylic acids is 1. The van der Waals surface area contributed by atoms with Gasteiger partial charge in [0.05, 0.1) is 16.9 Å². The molecular weight excluding hydrogens is 320 g/mol. The summed E-state index contributed by atoms with van der Waals surface area (Å²) < 4.78 is 0.234. The van der Waals surface area contributed by atoms with Gasteiger partial charge in [-0.25, -0.2) is 0 Å². The van der Waals surface area contributed by atoms with Crippen LogP contribution in [-0.2, 0) is 9.59 Å². The zero-order valence-corrected chi connectivity index (χ0v) is 14.0. The number of thioether (sulfide) groups is 1. The first-order chi connectivity index (χ1) is 10.3. The molecule has 5 nitrogen and oxygen atoms in total. The van der Waals surface area contributed by atoms with E-state index >= 15 is 0 Å². The van der Waals surface area contributed by atoms with E-state index in [-0.39, 0.29) is 4.32 Å². The van der Waals surface area contributed by atoms with Crippen molar-refractivity contribution >= 4 is 51.9 Å². The first-order valence-corrected chi connectivity index (χ1v) is 7.79. The number of benzene rings is 1. The van der Waals surface area contributed by atoms with Crippen LogP contribution in [0.4, 0.5) is 5.69 Å². The predicted molar refractivity (Wildman–Crippen MR) is 90.3 cm³/mol. The van der Waals surface area contributed by atoms with Gasteiger partial charge in [0.25, 0.3) is 5.91 Å². The van der Waals surface area contributed by atoms with Gasteiger partial charge in [-0.3, -0.25) is 9.69 Å².